The lowest BCUT2D eigenvalue weighted by molar-refractivity contribution is -0.131. The molecule has 1 saturated heterocycles. The standard InChI is InChI=1S/C19H17FN4O2S2/c20-12-4-1-5-13(10-12)21-17(26)19-23-22-18(28-19)15-7-2-8-24(15)16(25)11-14-6-3-9-27-14/h1,3-6,9-10,15H,2,7-8,11H2,(H,21,26)/t15-/m0/s1. The lowest BCUT2D eigenvalue weighted by Crippen LogP contribution is -2.31. The van der Waals surface area contributed by atoms with Crippen molar-refractivity contribution >= 4 is 40.2 Å². The number of thiophene rings is 1. The topological polar surface area (TPSA) is 75.2 Å². The molecule has 3 heterocycles. The zero-order valence-electron chi connectivity index (χ0n) is 14.8. The molecule has 0 saturated carbocycles. The summed E-state index contributed by atoms with van der Waals surface area (Å²) in [5.41, 5.74) is 0.357. The number of aromatic nitrogens is 2. The Morgan fingerprint density at radius 2 is 2.14 bits per heavy atom. The maximum Gasteiger partial charge on any atom is 0.286 e. The van der Waals surface area contributed by atoms with Crippen LogP contribution in [0.5, 0.6) is 0 Å². The van der Waals surface area contributed by atoms with Crippen LogP contribution in [-0.2, 0) is 11.2 Å². The molecule has 0 unspecified atom stereocenters. The Kier molecular flexibility index (Phi) is 5.45. The second-order valence-corrected chi connectivity index (χ2v) is 8.45. The predicted molar refractivity (Wildman–Crippen MR) is 106 cm³/mol. The van der Waals surface area contributed by atoms with Crippen LogP contribution in [0.15, 0.2) is 41.8 Å². The van der Waals surface area contributed by atoms with Gasteiger partial charge in [0.2, 0.25) is 10.9 Å². The van der Waals surface area contributed by atoms with Crippen LogP contribution in [-0.4, -0.2) is 33.5 Å². The van der Waals surface area contributed by atoms with Gasteiger partial charge in [-0.25, -0.2) is 4.39 Å². The van der Waals surface area contributed by atoms with Crippen LogP contribution < -0.4 is 5.32 Å². The molecule has 1 fully saturated rings. The van der Waals surface area contributed by atoms with Gasteiger partial charge in [0.15, 0.2) is 0 Å². The quantitative estimate of drug-likeness (QED) is 0.685. The summed E-state index contributed by atoms with van der Waals surface area (Å²) >= 11 is 2.74. The molecule has 6 nitrogen and oxygen atoms in total. The number of benzene rings is 1. The van der Waals surface area contributed by atoms with E-state index in [0.717, 1.165) is 17.7 Å². The van der Waals surface area contributed by atoms with Gasteiger partial charge in [-0.15, -0.1) is 21.5 Å². The summed E-state index contributed by atoms with van der Waals surface area (Å²) < 4.78 is 13.3. The molecule has 0 spiro atoms. The minimum absolute atomic E-state index is 0.0610. The largest absolute Gasteiger partial charge is 0.333 e. The number of hydrogen-bond donors (Lipinski definition) is 1. The molecular weight excluding hydrogens is 399 g/mol. The van der Waals surface area contributed by atoms with Gasteiger partial charge in [-0.3, -0.25) is 9.59 Å². The maximum absolute atomic E-state index is 13.3. The van der Waals surface area contributed by atoms with E-state index in [2.05, 4.69) is 15.5 Å². The number of anilines is 1. The molecule has 2 amide bonds. The third-order valence-corrected chi connectivity index (χ3v) is 6.38. The molecule has 1 aliphatic heterocycles. The van der Waals surface area contributed by atoms with Crippen molar-refractivity contribution < 1.29 is 14.0 Å². The number of amides is 2. The Morgan fingerprint density at radius 3 is 2.93 bits per heavy atom. The first kappa shape index (κ1) is 18.7. The van der Waals surface area contributed by atoms with Crippen LogP contribution in [0.3, 0.4) is 0 Å². The van der Waals surface area contributed by atoms with Gasteiger partial charge in [0.1, 0.15) is 10.8 Å². The van der Waals surface area contributed by atoms with Crippen LogP contribution in [0.2, 0.25) is 0 Å². The molecule has 1 aromatic carbocycles. The smallest absolute Gasteiger partial charge is 0.286 e. The van der Waals surface area contributed by atoms with Crippen molar-refractivity contribution in [1.29, 1.82) is 0 Å². The second-order valence-electron chi connectivity index (χ2n) is 6.41. The molecule has 3 aromatic rings. The van der Waals surface area contributed by atoms with Crippen molar-refractivity contribution in [3.63, 3.8) is 0 Å². The molecule has 144 valence electrons. The number of nitrogens with one attached hydrogen (secondary N) is 1. The van der Waals surface area contributed by atoms with E-state index in [0.29, 0.717) is 23.7 Å². The summed E-state index contributed by atoms with van der Waals surface area (Å²) in [6.45, 7) is 0.680. The monoisotopic (exact) mass is 416 g/mol. The molecule has 0 aliphatic carbocycles. The second kappa shape index (κ2) is 8.15. The predicted octanol–water partition coefficient (Wildman–Crippen LogP) is 3.90. The fraction of sp³-hybridized carbons (Fsp3) is 0.263. The number of rotatable bonds is 5. The molecule has 1 aliphatic rings. The normalized spacial score (nSPS) is 16.3. The van der Waals surface area contributed by atoms with E-state index in [9.17, 15) is 14.0 Å². The summed E-state index contributed by atoms with van der Waals surface area (Å²) in [6, 6.07) is 9.40. The van der Waals surface area contributed by atoms with E-state index in [4.69, 9.17) is 0 Å². The van der Waals surface area contributed by atoms with Crippen molar-refractivity contribution in [1.82, 2.24) is 15.1 Å². The summed E-state index contributed by atoms with van der Waals surface area (Å²) in [4.78, 5) is 27.9. The first-order chi connectivity index (χ1) is 13.6. The zero-order chi connectivity index (χ0) is 19.5. The fourth-order valence-electron chi connectivity index (χ4n) is 3.20. The van der Waals surface area contributed by atoms with E-state index in [1.807, 2.05) is 22.4 Å². The SMILES string of the molecule is O=C(Nc1cccc(F)c1)c1nnc([C@@H]2CCCN2C(=O)Cc2cccs2)s1. The molecular formula is C19H17FN4O2S2. The van der Waals surface area contributed by atoms with Crippen molar-refractivity contribution in [3.05, 3.63) is 62.5 Å². The maximum atomic E-state index is 13.3. The Bertz CT molecular complexity index is 990. The minimum atomic E-state index is -0.441. The van der Waals surface area contributed by atoms with Gasteiger partial charge in [0, 0.05) is 17.1 Å². The van der Waals surface area contributed by atoms with E-state index >= 15 is 0 Å². The molecule has 0 radical (unpaired) electrons. The zero-order valence-corrected chi connectivity index (χ0v) is 16.4. The van der Waals surface area contributed by atoms with Crippen LogP contribution in [0, 0.1) is 5.82 Å². The van der Waals surface area contributed by atoms with E-state index < -0.39 is 11.7 Å². The summed E-state index contributed by atoms with van der Waals surface area (Å²) in [5.74, 6) is -0.809. The molecule has 9 heteroatoms. The van der Waals surface area contributed by atoms with Gasteiger partial charge in [-0.1, -0.05) is 23.5 Å². The van der Waals surface area contributed by atoms with Crippen LogP contribution in [0.25, 0.3) is 0 Å². The van der Waals surface area contributed by atoms with Gasteiger partial charge in [0.05, 0.1) is 12.5 Å². The number of halogens is 1. The fourth-order valence-corrected chi connectivity index (χ4v) is 4.78. The molecule has 0 bridgehead atoms. The Morgan fingerprint density at radius 1 is 1.25 bits per heavy atom. The summed E-state index contributed by atoms with van der Waals surface area (Å²) in [6.07, 6.45) is 2.07. The van der Waals surface area contributed by atoms with E-state index in [1.165, 1.54) is 29.5 Å². The van der Waals surface area contributed by atoms with E-state index in [-0.39, 0.29) is 17.0 Å². The van der Waals surface area contributed by atoms with Crippen LogP contribution in [0.1, 0.15) is 38.6 Å². The van der Waals surface area contributed by atoms with Gasteiger partial charge < -0.3 is 10.2 Å². The third-order valence-electron chi connectivity index (χ3n) is 4.48. The molecule has 28 heavy (non-hydrogen) atoms. The number of hydrogen-bond acceptors (Lipinski definition) is 6. The molecule has 1 N–H and O–H groups in total. The van der Waals surface area contributed by atoms with Crippen molar-refractivity contribution in [2.24, 2.45) is 0 Å². The number of carbonyl (C=O) groups is 2. The number of nitrogens with zero attached hydrogens (tertiary/aromatic N) is 3. The average molecular weight is 417 g/mol. The van der Waals surface area contributed by atoms with Crippen molar-refractivity contribution in [3.8, 4) is 0 Å². The van der Waals surface area contributed by atoms with E-state index in [1.54, 1.807) is 17.4 Å². The van der Waals surface area contributed by atoms with Crippen LogP contribution in [0.4, 0.5) is 10.1 Å². The lowest BCUT2D eigenvalue weighted by Gasteiger charge is -2.22. The average Bonchev–Trinajstić information content (AvgIpc) is 3.42. The highest BCUT2D eigenvalue weighted by molar-refractivity contribution is 7.13. The first-order valence-electron chi connectivity index (χ1n) is 8.82. The first-order valence-corrected chi connectivity index (χ1v) is 10.5. The van der Waals surface area contributed by atoms with Crippen molar-refractivity contribution in [2.75, 3.05) is 11.9 Å². The lowest BCUT2D eigenvalue weighted by atomic mass is 10.2. The van der Waals surface area contributed by atoms with Crippen LogP contribution >= 0.6 is 22.7 Å². The third kappa shape index (κ3) is 4.10. The molecule has 4 rings (SSSR count). The number of likely N-dealkylation sites (tertiary alicyclic amines) is 1. The Labute approximate surface area is 169 Å². The molecule has 1 atom stereocenters. The van der Waals surface area contributed by atoms with Gasteiger partial charge in [-0.2, -0.15) is 0 Å². The highest BCUT2D eigenvalue weighted by Crippen LogP contribution is 2.34. The minimum Gasteiger partial charge on any atom is -0.333 e. The Hall–Kier alpha value is -2.65. The highest BCUT2D eigenvalue weighted by atomic mass is 32.1. The number of carbonyl (C=O) groups excluding carboxylic acids is 2. The summed E-state index contributed by atoms with van der Waals surface area (Å²) in [7, 11) is 0. The highest BCUT2D eigenvalue weighted by Gasteiger charge is 2.33. The van der Waals surface area contributed by atoms with Gasteiger partial charge in [-0.05, 0) is 42.5 Å². The van der Waals surface area contributed by atoms with Crippen molar-refractivity contribution in [2.45, 2.75) is 25.3 Å². The molecule has 2 aromatic heterocycles. The van der Waals surface area contributed by atoms with Gasteiger partial charge in [0.25, 0.3) is 5.91 Å². The Balaban J connectivity index is 1.45. The van der Waals surface area contributed by atoms with Gasteiger partial charge >= 0.3 is 0 Å². The summed E-state index contributed by atoms with van der Waals surface area (Å²) in [5, 5.41) is 13.5.